The molecule has 1 aliphatic rings. The van der Waals surface area contributed by atoms with E-state index in [-0.39, 0.29) is 63.9 Å². The van der Waals surface area contributed by atoms with Crippen molar-refractivity contribution in [3.63, 3.8) is 0 Å². The highest BCUT2D eigenvalue weighted by molar-refractivity contribution is 9.09. The molecule has 129 heavy (non-hydrogen) atoms. The second kappa shape index (κ2) is 56.4. The lowest BCUT2D eigenvalue weighted by Crippen LogP contribution is -2.41. The number of alkyl halides is 1. The fraction of sp³-hybridized carbons (Fsp3) is 0.551. The number of aryl methyl sites for hydroxylation is 6. The Balaban J connectivity index is 0.000000734. The Labute approximate surface area is 788 Å². The first-order chi connectivity index (χ1) is 59.3. The number of hydrogen-bond donors (Lipinski definition) is 0. The molecule has 1 aliphatic heterocycles. The van der Waals surface area contributed by atoms with Crippen molar-refractivity contribution in [3.05, 3.63) is 228 Å². The average Bonchev–Trinajstić information content (AvgIpc) is 1.83. The molecular formula is C98H162BrN13O12Si5. The normalized spacial score (nSPS) is 12.1. The minimum absolute atomic E-state index is 0. The van der Waals surface area contributed by atoms with Gasteiger partial charge in [0, 0.05) is 107 Å². The first-order valence-corrected chi connectivity index (χ1v) is 60.3. The zero-order valence-electron chi connectivity index (χ0n) is 83.9. The average molecular weight is 1930 g/mol. The molecule has 0 atom stereocenters. The molecule has 0 saturated heterocycles. The second-order valence-electron chi connectivity index (χ2n) is 39.8. The predicted molar refractivity (Wildman–Crippen MR) is 544 cm³/mol. The first kappa shape index (κ1) is 118. The number of halogens is 1. The molecule has 0 saturated carbocycles. The molecule has 0 radical (unpaired) electrons. The Morgan fingerprint density at radius 1 is 0.411 bits per heavy atom. The van der Waals surface area contributed by atoms with Crippen LogP contribution >= 0.6 is 15.9 Å². The molecule has 0 N–H and O–H groups in total. The van der Waals surface area contributed by atoms with Crippen molar-refractivity contribution in [2.75, 3.05) is 31.8 Å². The van der Waals surface area contributed by atoms with Gasteiger partial charge in [0.05, 0.1) is 68.8 Å². The summed E-state index contributed by atoms with van der Waals surface area (Å²) in [6, 6.07) is 28.8. The van der Waals surface area contributed by atoms with Crippen molar-refractivity contribution in [1.82, 2.24) is 57.3 Å². The van der Waals surface area contributed by atoms with E-state index in [2.05, 4.69) is 255 Å². The van der Waals surface area contributed by atoms with Crippen LogP contribution in [0.2, 0.25) is 97.2 Å². The summed E-state index contributed by atoms with van der Waals surface area (Å²) in [7, 11) is -7.44. The van der Waals surface area contributed by atoms with Crippen molar-refractivity contribution in [3.8, 4) is 0 Å². The van der Waals surface area contributed by atoms with Crippen molar-refractivity contribution in [1.29, 1.82) is 0 Å². The number of nitrogens with zero attached hydrogens (tertiary/aromatic N) is 13. The van der Waals surface area contributed by atoms with Gasteiger partial charge in [0.15, 0.2) is 57.5 Å². The van der Waals surface area contributed by atoms with Gasteiger partial charge in [-0.3, -0.25) is 29.0 Å². The number of carbonyl (C=O) groups is 5. The third kappa shape index (κ3) is 46.9. The van der Waals surface area contributed by atoms with Crippen molar-refractivity contribution >= 4 is 94.0 Å². The third-order valence-corrected chi connectivity index (χ3v) is 46.6. The number of ether oxygens (including phenoxy) is 3. The lowest BCUT2D eigenvalue weighted by molar-refractivity contribution is -0.146. The van der Waals surface area contributed by atoms with Gasteiger partial charge in [0.2, 0.25) is 0 Å². The van der Waals surface area contributed by atoms with E-state index >= 15 is 0 Å². The van der Waals surface area contributed by atoms with E-state index in [1.54, 1.807) is 34.2 Å². The summed E-state index contributed by atoms with van der Waals surface area (Å²) in [5.41, 5.74) is 10.1. The number of aromatic nitrogens is 12. The van der Waals surface area contributed by atoms with Gasteiger partial charge >= 0.3 is 17.9 Å². The standard InChI is InChI=1S/2C13H24N2O2Si.2C13H14N2O2.2C12H24N2OSi.C9H9BrO2.C7H18Si.C5H7N.CH4/c1-11-9-15(12(10-16)14-11)7-8-17-18(5,6)13(2,3)4;1-11-9-14-12(10-16)15(11)7-8-17-18(5,6)13(2,3)4;1-11-7-15(10-14-11)8-13(16)17-9-12-5-3-2-4-6-12;1-11-7-14-10-15(11)8-13(16)17-9-12-5-3-2-4-6-12;1-11-9-14(10-13-11)7-8-15-16(5,6)12(2,3)4;1-11-9-13-10-14(11)7-8-15-16(5,6)12(2,3)4;10-6-9(11)12-7-8-4-2-1-3-5-8;1-7(2,3)8(4,5)6;1-5-3-2-4-6-5;/h2*9-10H,7-8H2,1-6H3;2*2-7,10H,8-9H2,1H3;2*9-10H,7-8H2,1-6H3;1-5H,6-7H2;1-6H3;3-4H,2H2,1H3;1H4. The van der Waals surface area contributed by atoms with Gasteiger partial charge in [0.25, 0.3) is 0 Å². The van der Waals surface area contributed by atoms with Crippen molar-refractivity contribution in [2.45, 2.75) is 322 Å². The van der Waals surface area contributed by atoms with Gasteiger partial charge < -0.3 is 59.3 Å². The van der Waals surface area contributed by atoms with Gasteiger partial charge in [-0.05, 0) is 143 Å². The fourth-order valence-corrected chi connectivity index (χ4v) is 13.9. The number of imidazole rings is 6. The van der Waals surface area contributed by atoms with Crippen LogP contribution in [0.1, 0.15) is 197 Å². The van der Waals surface area contributed by atoms with Crippen LogP contribution < -0.4 is 0 Å². The van der Waals surface area contributed by atoms with Crippen LogP contribution in [0.15, 0.2) is 170 Å². The molecule has 3 aromatic carbocycles. The van der Waals surface area contributed by atoms with E-state index in [1.807, 2.05) is 179 Å². The molecule has 718 valence electrons. The summed E-state index contributed by atoms with van der Waals surface area (Å²) in [5.74, 6) is 0.206. The van der Waals surface area contributed by atoms with Crippen LogP contribution in [0.5, 0.6) is 0 Å². The lowest BCUT2D eigenvalue weighted by Gasteiger charge is -2.36. The molecule has 0 aliphatic carbocycles. The highest BCUT2D eigenvalue weighted by Crippen LogP contribution is 2.40. The van der Waals surface area contributed by atoms with Crippen LogP contribution in [0.4, 0.5) is 0 Å². The fourth-order valence-electron chi connectivity index (χ4n) is 9.60. The van der Waals surface area contributed by atoms with Crippen LogP contribution in [0.3, 0.4) is 0 Å². The summed E-state index contributed by atoms with van der Waals surface area (Å²) in [6.45, 7) is 80.3. The zero-order chi connectivity index (χ0) is 97.1. The number of allylic oxidation sites excluding steroid dienone is 2. The summed E-state index contributed by atoms with van der Waals surface area (Å²) >= 11 is 3.01. The van der Waals surface area contributed by atoms with Crippen molar-refractivity contribution < 1.29 is 55.9 Å². The van der Waals surface area contributed by atoms with E-state index < -0.39 is 41.3 Å². The minimum atomic E-state index is -1.71. The maximum absolute atomic E-state index is 11.6. The Kier molecular flexibility index (Phi) is 51.8. The molecule has 25 nitrogen and oxygen atoms in total. The zero-order valence-corrected chi connectivity index (χ0v) is 90.5. The van der Waals surface area contributed by atoms with E-state index in [1.165, 1.54) is 5.69 Å². The van der Waals surface area contributed by atoms with Crippen LogP contribution in [0, 0.1) is 41.5 Å². The minimum Gasteiger partial charge on any atom is -0.460 e. The molecule has 31 heteroatoms. The molecule has 0 amide bonds. The lowest BCUT2D eigenvalue weighted by atomic mass is 10.2. The monoisotopic (exact) mass is 1930 g/mol. The van der Waals surface area contributed by atoms with Gasteiger partial charge in [-0.1, -0.05) is 244 Å². The molecule has 9 aromatic rings. The van der Waals surface area contributed by atoms with Gasteiger partial charge in [-0.2, -0.15) is 0 Å². The SMILES string of the molecule is C.CC(C)(C)[Si](C)(C)C.CC1=CCC=N1.Cc1cn(CC(=O)OCc2ccccc2)cn1.Cc1cn(CCO[Si](C)(C)C(C)(C)C)c(C=O)n1.Cc1cn(CCO[Si](C)(C)C(C)(C)C)cn1.Cc1cnc(C=O)n1CCO[Si](C)(C)C(C)(C)C.Cc1cncn1CC(=O)OCc1ccccc1.Cc1cncn1CCO[Si](C)(C)C(C)(C)C.O=C(CBr)OCc1ccccc1. The number of aliphatic imine (C=N–C) groups is 1. The van der Waals surface area contributed by atoms with E-state index in [0.717, 1.165) is 96.2 Å². The summed E-state index contributed by atoms with van der Waals surface area (Å²) < 4.78 is 51.0. The molecule has 6 aromatic heterocycles. The molecule has 0 unspecified atom stereocenters. The Morgan fingerprint density at radius 3 is 1.10 bits per heavy atom. The molecule has 7 heterocycles. The van der Waals surface area contributed by atoms with Gasteiger partial charge in [-0.25, -0.2) is 29.9 Å². The van der Waals surface area contributed by atoms with Gasteiger partial charge in [-0.15, -0.1) is 0 Å². The molecular weight excluding hydrogens is 1770 g/mol. The largest absolute Gasteiger partial charge is 0.460 e. The number of carbonyl (C=O) groups excluding carboxylic acids is 5. The first-order valence-electron chi connectivity index (χ1n) is 44.0. The van der Waals surface area contributed by atoms with Crippen molar-refractivity contribution in [2.24, 2.45) is 4.99 Å². The summed E-state index contributed by atoms with van der Waals surface area (Å²) in [5, 5.41) is 1.83. The Hall–Kier alpha value is -8.52. The van der Waals surface area contributed by atoms with Crippen LogP contribution in [0.25, 0.3) is 0 Å². The number of hydrogen-bond acceptors (Lipinski definition) is 19. The number of esters is 3. The Morgan fingerprint density at radius 2 is 0.775 bits per heavy atom. The highest BCUT2D eigenvalue weighted by Gasteiger charge is 2.40. The third-order valence-electron chi connectivity index (χ3n) is 23.5. The summed E-state index contributed by atoms with van der Waals surface area (Å²) in [4.78, 5) is 84.0. The van der Waals surface area contributed by atoms with E-state index in [9.17, 15) is 24.0 Å². The summed E-state index contributed by atoms with van der Waals surface area (Å²) in [6.07, 6.45) is 24.7. The molecule has 0 spiro atoms. The topological polar surface area (TPSA) is 269 Å². The highest BCUT2D eigenvalue weighted by atomic mass is 79.9. The molecule has 0 bridgehead atoms. The second-order valence-corrected chi connectivity index (χ2v) is 65.6. The quantitative estimate of drug-likeness (QED) is 0.0139. The Bertz CT molecular complexity index is 4720. The van der Waals surface area contributed by atoms with Gasteiger partial charge in [0.1, 0.15) is 38.2 Å². The van der Waals surface area contributed by atoms with E-state index in [4.69, 9.17) is 31.9 Å². The number of rotatable bonds is 29. The van der Waals surface area contributed by atoms with Crippen LogP contribution in [-0.4, -0.2) is 167 Å². The van der Waals surface area contributed by atoms with Crippen LogP contribution in [-0.2, 0) is 105 Å². The molecule has 10 rings (SSSR count). The number of benzene rings is 3. The van der Waals surface area contributed by atoms with E-state index in [0.29, 0.717) is 62.8 Å². The number of aldehydes is 2. The maximum atomic E-state index is 11.6. The smallest absolute Gasteiger partial charge is 0.326 e. The predicted octanol–water partition coefficient (Wildman–Crippen LogP) is 23.6. The maximum Gasteiger partial charge on any atom is 0.326 e. The molecule has 0 fully saturated rings.